The highest BCUT2D eigenvalue weighted by Crippen LogP contribution is 2.22. The molecule has 2 aromatic heterocycles. The van der Waals surface area contributed by atoms with Crippen molar-refractivity contribution in [3.63, 3.8) is 0 Å². The van der Waals surface area contributed by atoms with Crippen LogP contribution in [0.3, 0.4) is 0 Å². The summed E-state index contributed by atoms with van der Waals surface area (Å²) in [6.45, 7) is 1.34. The Labute approximate surface area is 103 Å². The van der Waals surface area contributed by atoms with Crippen LogP contribution < -0.4 is 0 Å². The first kappa shape index (κ1) is 10.8. The van der Waals surface area contributed by atoms with Crippen LogP contribution in [0.2, 0.25) is 0 Å². The van der Waals surface area contributed by atoms with E-state index in [-0.39, 0.29) is 0 Å². The maximum Gasteiger partial charge on any atom is 0.181 e. The molecule has 5 heteroatoms. The molecule has 0 unspecified atom stereocenters. The Bertz CT molecular complexity index is 705. The lowest BCUT2D eigenvalue weighted by Gasteiger charge is -2.03. The molecule has 0 bridgehead atoms. The number of rotatable bonds is 2. The van der Waals surface area contributed by atoms with Crippen LogP contribution in [-0.2, 0) is 6.67 Å². The van der Waals surface area contributed by atoms with Gasteiger partial charge in [0.05, 0.1) is 0 Å². The molecule has 0 spiro atoms. The second kappa shape index (κ2) is 4.18. The maximum absolute atomic E-state index is 12.7. The van der Waals surface area contributed by atoms with Crippen molar-refractivity contribution in [3.8, 4) is 11.3 Å². The van der Waals surface area contributed by atoms with Gasteiger partial charge in [0.2, 0.25) is 0 Å². The number of nitrogens with zero attached hydrogens (tertiary/aromatic N) is 4. The summed E-state index contributed by atoms with van der Waals surface area (Å²) in [7, 11) is 0. The first-order valence-electron chi connectivity index (χ1n) is 5.61. The lowest BCUT2D eigenvalue weighted by molar-refractivity contribution is 0.485. The van der Waals surface area contributed by atoms with E-state index >= 15 is 0 Å². The molecule has 3 aromatic rings. The predicted octanol–water partition coefficient (Wildman–Crippen LogP) is 2.57. The van der Waals surface area contributed by atoms with Crippen LogP contribution in [0, 0.1) is 6.92 Å². The molecule has 0 aliphatic heterocycles. The molecule has 90 valence electrons. The average Bonchev–Trinajstić information content (AvgIpc) is 2.78. The predicted molar refractivity (Wildman–Crippen MR) is 65.8 cm³/mol. The van der Waals surface area contributed by atoms with E-state index < -0.39 is 6.67 Å². The van der Waals surface area contributed by atoms with Crippen molar-refractivity contribution >= 4 is 5.65 Å². The lowest BCUT2D eigenvalue weighted by Crippen LogP contribution is -1.93. The summed E-state index contributed by atoms with van der Waals surface area (Å²) in [5.74, 6) is 0.686. The van der Waals surface area contributed by atoms with Gasteiger partial charge in [0.1, 0.15) is 18.2 Å². The monoisotopic (exact) mass is 242 g/mol. The zero-order valence-corrected chi connectivity index (χ0v) is 9.84. The fourth-order valence-corrected chi connectivity index (χ4v) is 1.93. The molecule has 1 aromatic carbocycles. The highest BCUT2D eigenvalue weighted by Gasteiger charge is 2.09. The number of alkyl halides is 1. The van der Waals surface area contributed by atoms with Crippen molar-refractivity contribution in [1.29, 1.82) is 0 Å². The van der Waals surface area contributed by atoms with Gasteiger partial charge in [0.15, 0.2) is 5.65 Å². The molecule has 18 heavy (non-hydrogen) atoms. The Morgan fingerprint density at radius 3 is 3.06 bits per heavy atom. The molecule has 0 saturated heterocycles. The molecule has 0 radical (unpaired) electrons. The van der Waals surface area contributed by atoms with E-state index in [2.05, 4.69) is 15.1 Å². The zero-order valence-electron chi connectivity index (χ0n) is 9.84. The lowest BCUT2D eigenvalue weighted by atomic mass is 10.1. The van der Waals surface area contributed by atoms with E-state index in [4.69, 9.17) is 0 Å². The minimum atomic E-state index is -0.483. The summed E-state index contributed by atoms with van der Waals surface area (Å²) in [6.07, 6.45) is 3.41. The molecular weight excluding hydrogens is 231 g/mol. The number of aryl methyl sites for hydroxylation is 1. The van der Waals surface area contributed by atoms with Crippen molar-refractivity contribution in [2.45, 2.75) is 13.6 Å². The van der Waals surface area contributed by atoms with Crippen LogP contribution in [0.5, 0.6) is 0 Å². The zero-order chi connectivity index (χ0) is 12.5. The van der Waals surface area contributed by atoms with Crippen molar-refractivity contribution in [2.24, 2.45) is 0 Å². The summed E-state index contributed by atoms with van der Waals surface area (Å²) in [5, 5.41) is 4.23. The van der Waals surface area contributed by atoms with E-state index in [1.165, 1.54) is 0 Å². The van der Waals surface area contributed by atoms with Gasteiger partial charge in [-0.3, -0.25) is 4.98 Å². The first-order valence-corrected chi connectivity index (χ1v) is 5.61. The third kappa shape index (κ3) is 1.73. The topological polar surface area (TPSA) is 43.1 Å². The van der Waals surface area contributed by atoms with Gasteiger partial charge in [-0.05, 0) is 18.6 Å². The van der Waals surface area contributed by atoms with Crippen LogP contribution >= 0.6 is 0 Å². The summed E-state index contributed by atoms with van der Waals surface area (Å²) >= 11 is 0. The van der Waals surface area contributed by atoms with Gasteiger partial charge >= 0.3 is 0 Å². The molecule has 0 amide bonds. The van der Waals surface area contributed by atoms with Crippen molar-refractivity contribution < 1.29 is 4.39 Å². The van der Waals surface area contributed by atoms with E-state index in [1.807, 2.05) is 19.1 Å². The fourth-order valence-electron chi connectivity index (χ4n) is 1.93. The molecule has 4 nitrogen and oxygen atoms in total. The van der Waals surface area contributed by atoms with Crippen LogP contribution in [0.4, 0.5) is 4.39 Å². The smallest absolute Gasteiger partial charge is 0.181 e. The summed E-state index contributed by atoms with van der Waals surface area (Å²) < 4.78 is 14.4. The Kier molecular flexibility index (Phi) is 2.51. The molecule has 0 fully saturated rings. The minimum Gasteiger partial charge on any atom is -0.251 e. The number of fused-ring (bicyclic) bond motifs is 1. The Hall–Kier alpha value is -2.30. The maximum atomic E-state index is 12.7. The van der Waals surface area contributed by atoms with Crippen LogP contribution in [0.25, 0.3) is 16.9 Å². The Morgan fingerprint density at radius 1 is 1.33 bits per heavy atom. The first-order chi connectivity index (χ1) is 8.78. The highest BCUT2D eigenvalue weighted by atomic mass is 19.1. The number of hydrogen-bond acceptors (Lipinski definition) is 3. The molecule has 0 N–H and O–H groups in total. The van der Waals surface area contributed by atoms with Crippen LogP contribution in [-0.4, -0.2) is 19.6 Å². The van der Waals surface area contributed by atoms with E-state index in [1.54, 1.807) is 29.0 Å². The minimum absolute atomic E-state index is 0.483. The van der Waals surface area contributed by atoms with Crippen molar-refractivity contribution in [1.82, 2.24) is 19.6 Å². The summed E-state index contributed by atoms with van der Waals surface area (Å²) in [6, 6.07) is 7.25. The van der Waals surface area contributed by atoms with Gasteiger partial charge in [-0.1, -0.05) is 18.2 Å². The molecule has 0 atom stereocenters. The molecule has 2 heterocycles. The third-order valence-electron chi connectivity index (χ3n) is 2.72. The Balaban J connectivity index is 2.24. The Morgan fingerprint density at radius 2 is 2.22 bits per heavy atom. The molecule has 0 saturated carbocycles. The SMILES string of the molecule is Cc1nc2c(-c3cccc(CF)c3)nccn2n1. The largest absolute Gasteiger partial charge is 0.251 e. The van der Waals surface area contributed by atoms with Crippen molar-refractivity contribution in [2.75, 3.05) is 0 Å². The second-order valence-electron chi connectivity index (χ2n) is 4.04. The van der Waals surface area contributed by atoms with Gasteiger partial charge < -0.3 is 0 Å². The summed E-state index contributed by atoms with van der Waals surface area (Å²) in [4.78, 5) is 8.66. The van der Waals surface area contributed by atoms with Gasteiger partial charge in [-0.2, -0.15) is 5.10 Å². The summed E-state index contributed by atoms with van der Waals surface area (Å²) in [5.41, 5.74) is 2.88. The number of halogens is 1. The van der Waals surface area contributed by atoms with E-state index in [0.717, 1.165) is 5.56 Å². The number of hydrogen-bond donors (Lipinski definition) is 0. The quantitative estimate of drug-likeness (QED) is 0.693. The molecule has 0 aliphatic carbocycles. The van der Waals surface area contributed by atoms with Crippen molar-refractivity contribution in [3.05, 3.63) is 48.0 Å². The van der Waals surface area contributed by atoms with E-state index in [9.17, 15) is 4.39 Å². The normalized spacial score (nSPS) is 11.0. The number of aromatic nitrogens is 4. The van der Waals surface area contributed by atoms with Gasteiger partial charge in [-0.25, -0.2) is 13.9 Å². The second-order valence-corrected chi connectivity index (χ2v) is 4.04. The molecule has 0 aliphatic rings. The van der Waals surface area contributed by atoms with Crippen LogP contribution in [0.1, 0.15) is 11.4 Å². The third-order valence-corrected chi connectivity index (χ3v) is 2.72. The number of benzene rings is 1. The van der Waals surface area contributed by atoms with Gasteiger partial charge in [0, 0.05) is 18.0 Å². The molecule has 3 rings (SSSR count). The standard InChI is InChI=1S/C13H11FN4/c1-9-16-13-12(15-5-6-18(13)17-9)11-4-2-3-10(7-11)8-14/h2-7H,8H2,1H3. The molecular formula is C13H11FN4. The average molecular weight is 242 g/mol. The van der Waals surface area contributed by atoms with Crippen LogP contribution in [0.15, 0.2) is 36.7 Å². The van der Waals surface area contributed by atoms with E-state index in [0.29, 0.717) is 22.7 Å². The van der Waals surface area contributed by atoms with Gasteiger partial charge in [0.25, 0.3) is 0 Å². The highest BCUT2D eigenvalue weighted by molar-refractivity contribution is 5.73. The van der Waals surface area contributed by atoms with Gasteiger partial charge in [-0.15, -0.1) is 0 Å². The fraction of sp³-hybridized carbons (Fsp3) is 0.154.